The largest absolute Gasteiger partial charge is 0.394 e. The zero-order valence-corrected chi connectivity index (χ0v) is 6.25. The Morgan fingerprint density at radius 1 is 1.50 bits per heavy atom. The number of methoxy groups -OCH3 is 1. The molecule has 1 fully saturated rings. The lowest BCUT2D eigenvalue weighted by molar-refractivity contribution is -0.0213. The second-order valence-corrected chi connectivity index (χ2v) is 2.60. The molecule has 1 saturated heterocycles. The van der Waals surface area contributed by atoms with Gasteiger partial charge in [0, 0.05) is 7.11 Å². The maximum absolute atomic E-state index is 8.69. The van der Waals surface area contributed by atoms with E-state index in [-0.39, 0.29) is 18.8 Å². The lowest BCUT2D eigenvalue weighted by Crippen LogP contribution is -2.17. The molecule has 60 valence electrons. The summed E-state index contributed by atoms with van der Waals surface area (Å²) in [5.41, 5.74) is 0. The number of rotatable bonds is 3. The smallest absolute Gasteiger partial charge is 0.0814 e. The highest BCUT2D eigenvalue weighted by Crippen LogP contribution is 2.18. The van der Waals surface area contributed by atoms with Gasteiger partial charge in [-0.25, -0.2) is 0 Å². The average Bonchev–Trinajstić information content (AvgIpc) is 2.37. The first kappa shape index (κ1) is 7.98. The maximum Gasteiger partial charge on any atom is 0.0814 e. The molecule has 1 aliphatic rings. The first-order valence-electron chi connectivity index (χ1n) is 3.62. The standard InChI is InChI=1S/C7H14O3/c1-9-5-7-3-2-6(4-8)10-7/h6-8H,2-5H2,1H3/t6-,7?/m0/s1. The lowest BCUT2D eigenvalue weighted by atomic mass is 10.2. The van der Waals surface area contributed by atoms with Crippen LogP contribution in [0, 0.1) is 0 Å². The first-order valence-corrected chi connectivity index (χ1v) is 3.62. The van der Waals surface area contributed by atoms with Crippen LogP contribution in [0.3, 0.4) is 0 Å². The number of aliphatic hydroxyl groups excluding tert-OH is 1. The van der Waals surface area contributed by atoms with Gasteiger partial charge in [0.2, 0.25) is 0 Å². The molecule has 2 atom stereocenters. The third-order valence-electron chi connectivity index (χ3n) is 1.75. The van der Waals surface area contributed by atoms with Crippen molar-refractivity contribution >= 4 is 0 Å². The molecule has 1 rings (SSSR count). The zero-order chi connectivity index (χ0) is 7.40. The van der Waals surface area contributed by atoms with Crippen LogP contribution in [0.15, 0.2) is 0 Å². The molecule has 0 aromatic heterocycles. The van der Waals surface area contributed by atoms with E-state index in [0.29, 0.717) is 6.61 Å². The zero-order valence-electron chi connectivity index (χ0n) is 6.25. The predicted molar refractivity (Wildman–Crippen MR) is 36.9 cm³/mol. The molecule has 0 aromatic carbocycles. The van der Waals surface area contributed by atoms with E-state index in [2.05, 4.69) is 0 Å². The molecule has 0 spiro atoms. The Kier molecular flexibility index (Phi) is 3.12. The third-order valence-corrected chi connectivity index (χ3v) is 1.75. The molecule has 3 heteroatoms. The molecule has 0 aliphatic carbocycles. The van der Waals surface area contributed by atoms with Gasteiger partial charge in [0.05, 0.1) is 25.4 Å². The summed E-state index contributed by atoms with van der Waals surface area (Å²) in [5, 5.41) is 8.69. The van der Waals surface area contributed by atoms with Gasteiger partial charge in [-0.2, -0.15) is 0 Å². The van der Waals surface area contributed by atoms with E-state index in [9.17, 15) is 0 Å². The van der Waals surface area contributed by atoms with E-state index in [1.807, 2.05) is 0 Å². The fraction of sp³-hybridized carbons (Fsp3) is 1.00. The van der Waals surface area contributed by atoms with Gasteiger partial charge < -0.3 is 14.6 Å². The molecular weight excluding hydrogens is 132 g/mol. The third kappa shape index (κ3) is 1.94. The van der Waals surface area contributed by atoms with Crippen LogP contribution in [0.5, 0.6) is 0 Å². The topological polar surface area (TPSA) is 38.7 Å². The van der Waals surface area contributed by atoms with Gasteiger partial charge in [0.15, 0.2) is 0 Å². The number of hydrogen-bond acceptors (Lipinski definition) is 3. The monoisotopic (exact) mass is 146 g/mol. The Balaban J connectivity index is 2.15. The molecule has 1 unspecified atom stereocenters. The molecule has 0 radical (unpaired) electrons. The maximum atomic E-state index is 8.69. The Morgan fingerprint density at radius 2 is 2.20 bits per heavy atom. The van der Waals surface area contributed by atoms with Crippen molar-refractivity contribution < 1.29 is 14.6 Å². The van der Waals surface area contributed by atoms with E-state index in [1.165, 1.54) is 0 Å². The summed E-state index contributed by atoms with van der Waals surface area (Å²) < 4.78 is 10.3. The summed E-state index contributed by atoms with van der Waals surface area (Å²) in [4.78, 5) is 0. The average molecular weight is 146 g/mol. The summed E-state index contributed by atoms with van der Waals surface area (Å²) in [5.74, 6) is 0. The fourth-order valence-electron chi connectivity index (χ4n) is 1.22. The van der Waals surface area contributed by atoms with Crippen LogP contribution in [0.25, 0.3) is 0 Å². The van der Waals surface area contributed by atoms with Crippen molar-refractivity contribution in [1.29, 1.82) is 0 Å². The number of aliphatic hydroxyl groups is 1. The lowest BCUT2D eigenvalue weighted by Gasteiger charge is -2.09. The Morgan fingerprint density at radius 3 is 2.70 bits per heavy atom. The summed E-state index contributed by atoms with van der Waals surface area (Å²) in [7, 11) is 1.66. The van der Waals surface area contributed by atoms with Crippen LogP contribution in [0.2, 0.25) is 0 Å². The van der Waals surface area contributed by atoms with Crippen LogP contribution >= 0.6 is 0 Å². The molecule has 0 bridgehead atoms. The minimum atomic E-state index is 0.0557. The molecule has 0 amide bonds. The Bertz CT molecular complexity index is 94.9. The van der Waals surface area contributed by atoms with Crippen molar-refractivity contribution in [2.24, 2.45) is 0 Å². The van der Waals surface area contributed by atoms with Crippen LogP contribution < -0.4 is 0 Å². The normalized spacial score (nSPS) is 33.0. The van der Waals surface area contributed by atoms with E-state index >= 15 is 0 Å². The van der Waals surface area contributed by atoms with Gasteiger partial charge in [0.25, 0.3) is 0 Å². The van der Waals surface area contributed by atoms with Crippen LogP contribution in [0.1, 0.15) is 12.8 Å². The minimum absolute atomic E-state index is 0.0557. The summed E-state index contributed by atoms with van der Waals surface area (Å²) >= 11 is 0. The number of hydrogen-bond donors (Lipinski definition) is 1. The van der Waals surface area contributed by atoms with Gasteiger partial charge in [-0.15, -0.1) is 0 Å². The van der Waals surface area contributed by atoms with E-state index in [1.54, 1.807) is 7.11 Å². The Labute approximate surface area is 60.9 Å². The SMILES string of the molecule is COCC1CC[C@@H](CO)O1. The van der Waals surface area contributed by atoms with Gasteiger partial charge in [-0.05, 0) is 12.8 Å². The molecular formula is C7H14O3. The summed E-state index contributed by atoms with van der Waals surface area (Å²) in [6, 6.07) is 0. The van der Waals surface area contributed by atoms with Crippen molar-refractivity contribution in [2.45, 2.75) is 25.0 Å². The molecule has 0 aromatic rings. The predicted octanol–water partition coefficient (Wildman–Crippen LogP) is 0.173. The summed E-state index contributed by atoms with van der Waals surface area (Å²) in [6.45, 7) is 0.788. The quantitative estimate of drug-likeness (QED) is 0.617. The van der Waals surface area contributed by atoms with Crippen molar-refractivity contribution in [3.05, 3.63) is 0 Å². The second-order valence-electron chi connectivity index (χ2n) is 2.60. The molecule has 10 heavy (non-hydrogen) atoms. The molecule has 1 N–H and O–H groups in total. The molecule has 1 aliphatic heterocycles. The minimum Gasteiger partial charge on any atom is -0.394 e. The van der Waals surface area contributed by atoms with E-state index < -0.39 is 0 Å². The van der Waals surface area contributed by atoms with Gasteiger partial charge in [-0.1, -0.05) is 0 Å². The van der Waals surface area contributed by atoms with E-state index in [4.69, 9.17) is 14.6 Å². The van der Waals surface area contributed by atoms with Gasteiger partial charge in [0.1, 0.15) is 0 Å². The van der Waals surface area contributed by atoms with Gasteiger partial charge >= 0.3 is 0 Å². The molecule has 1 heterocycles. The number of ether oxygens (including phenoxy) is 2. The Hall–Kier alpha value is -0.120. The van der Waals surface area contributed by atoms with E-state index in [0.717, 1.165) is 12.8 Å². The summed E-state index contributed by atoms with van der Waals surface area (Å²) in [6.07, 6.45) is 2.24. The second kappa shape index (κ2) is 3.91. The van der Waals surface area contributed by atoms with Crippen molar-refractivity contribution in [3.63, 3.8) is 0 Å². The van der Waals surface area contributed by atoms with Crippen molar-refractivity contribution in [2.75, 3.05) is 20.3 Å². The highest BCUT2D eigenvalue weighted by molar-refractivity contribution is 4.72. The van der Waals surface area contributed by atoms with Crippen LogP contribution in [-0.4, -0.2) is 37.6 Å². The molecule has 3 nitrogen and oxygen atoms in total. The van der Waals surface area contributed by atoms with Gasteiger partial charge in [-0.3, -0.25) is 0 Å². The fourth-order valence-corrected chi connectivity index (χ4v) is 1.22. The first-order chi connectivity index (χ1) is 4.86. The highest BCUT2D eigenvalue weighted by Gasteiger charge is 2.23. The van der Waals surface area contributed by atoms with Crippen LogP contribution in [0.4, 0.5) is 0 Å². The van der Waals surface area contributed by atoms with Crippen LogP contribution in [-0.2, 0) is 9.47 Å². The van der Waals surface area contributed by atoms with Crippen molar-refractivity contribution in [3.8, 4) is 0 Å². The van der Waals surface area contributed by atoms with Crippen molar-refractivity contribution in [1.82, 2.24) is 0 Å². The highest BCUT2D eigenvalue weighted by atomic mass is 16.5. The molecule has 0 saturated carbocycles.